The average Bonchev–Trinajstić information content (AvgIpc) is 3.21. The molecule has 0 amide bonds. The summed E-state index contributed by atoms with van der Waals surface area (Å²) in [5, 5.41) is 20.2. The molecular formula is C54H95BrO4S. The van der Waals surface area contributed by atoms with Crippen molar-refractivity contribution >= 4 is 27.7 Å². The number of ether oxygens (including phenoxy) is 2. The second-order valence-corrected chi connectivity index (χ2v) is 19.5. The summed E-state index contributed by atoms with van der Waals surface area (Å²) in [5.74, 6) is 1.84. The van der Waals surface area contributed by atoms with Gasteiger partial charge in [0.15, 0.2) is 6.29 Å². The first-order valence-corrected chi connectivity index (χ1v) is 27.0. The predicted octanol–water partition coefficient (Wildman–Crippen LogP) is 17.2. The fourth-order valence-electron chi connectivity index (χ4n) is 7.37. The molecule has 1 heterocycles. The van der Waals surface area contributed by atoms with Gasteiger partial charge < -0.3 is 19.7 Å². The van der Waals surface area contributed by atoms with E-state index in [0.29, 0.717) is 13.0 Å². The van der Waals surface area contributed by atoms with Crippen molar-refractivity contribution < 1.29 is 19.7 Å². The Morgan fingerprint density at radius 2 is 1.30 bits per heavy atom. The van der Waals surface area contributed by atoms with Gasteiger partial charge in [0.1, 0.15) is 17.1 Å². The van der Waals surface area contributed by atoms with E-state index in [2.05, 4.69) is 108 Å². The van der Waals surface area contributed by atoms with Gasteiger partial charge in [-0.05, 0) is 180 Å². The highest BCUT2D eigenvalue weighted by molar-refractivity contribution is 9.09. The zero-order chi connectivity index (χ0) is 44.9. The fraction of sp³-hybridized carbons (Fsp3) is 0.741. The van der Waals surface area contributed by atoms with Crippen LogP contribution in [0.15, 0.2) is 53.2 Å². The third-order valence-corrected chi connectivity index (χ3v) is 12.0. The smallest absolute Gasteiger partial charge is 0.197 e. The number of allylic oxidation sites excluding steroid dienone is 8. The number of hydrogen-bond donors (Lipinski definition) is 2. The molecule has 2 rings (SSSR count). The van der Waals surface area contributed by atoms with Gasteiger partial charge in [-0.15, -0.1) is 0 Å². The Bertz CT molecular complexity index is 1310. The van der Waals surface area contributed by atoms with E-state index in [1.165, 1.54) is 112 Å². The molecule has 2 atom stereocenters. The second kappa shape index (κ2) is 39.1. The highest BCUT2D eigenvalue weighted by Crippen LogP contribution is 2.42. The van der Waals surface area contributed by atoms with E-state index in [1.807, 2.05) is 12.5 Å². The Kier molecular flexibility index (Phi) is 38.2. The molecule has 4 nitrogen and oxygen atoms in total. The average molecular weight is 920 g/mol. The first-order chi connectivity index (χ1) is 28.9. The van der Waals surface area contributed by atoms with Crippen LogP contribution in [-0.4, -0.2) is 46.6 Å². The predicted molar refractivity (Wildman–Crippen MR) is 273 cm³/mol. The minimum absolute atomic E-state index is 0.159. The number of aryl methyl sites for hydroxylation is 1. The Morgan fingerprint density at radius 1 is 0.767 bits per heavy atom. The van der Waals surface area contributed by atoms with Crippen LogP contribution in [-0.2, 0) is 6.42 Å². The van der Waals surface area contributed by atoms with E-state index >= 15 is 0 Å². The maximum Gasteiger partial charge on any atom is 0.197 e. The Hall–Kier alpha value is -1.47. The first kappa shape index (κ1) is 58.5. The number of alkyl halides is 1. The van der Waals surface area contributed by atoms with Crippen molar-refractivity contribution in [2.75, 3.05) is 24.4 Å². The minimum Gasteiger partial charge on any atom is -0.487 e. The molecule has 0 aliphatic carbocycles. The molecule has 0 aromatic heterocycles. The molecule has 1 aliphatic rings. The lowest BCUT2D eigenvalue weighted by Gasteiger charge is -2.37. The number of hydrogen-bond acceptors (Lipinski definition) is 5. The Labute approximate surface area is 385 Å². The maximum atomic E-state index is 10.7. The molecule has 6 heteroatoms. The Morgan fingerprint density at radius 3 is 1.88 bits per heavy atom. The third-order valence-electron chi connectivity index (χ3n) is 11.4. The lowest BCUT2D eigenvalue weighted by molar-refractivity contribution is -0.0254. The molecule has 1 aromatic rings. The van der Waals surface area contributed by atoms with Crippen molar-refractivity contribution in [3.8, 4) is 11.5 Å². The van der Waals surface area contributed by atoms with Crippen molar-refractivity contribution in [3.05, 3.63) is 69.9 Å². The van der Waals surface area contributed by atoms with Crippen LogP contribution in [0.3, 0.4) is 0 Å². The molecule has 0 bridgehead atoms. The van der Waals surface area contributed by atoms with Gasteiger partial charge in [0, 0.05) is 18.4 Å². The SMILES string of the molecule is CCCCCCCC/C=C\CCCCCCCC(O)Oc1cc2c(c(C)c1C)OC(C)(CC/C=C(\C)CC/C=C(\C)CCC=C(C)C)CC2.CSC.OCCCCCCBr. The van der Waals surface area contributed by atoms with E-state index in [9.17, 15) is 5.11 Å². The standard InChI is InChI=1S/C46H76O3.C6H13BrO.C2H6S/c1-9-10-11-12-13-14-15-16-17-18-19-20-21-22-23-32-44(47)48-43-36-42-33-35-46(8,49-45(42)41(7)40(43)6)34-26-31-39(5)30-25-29-38(4)28-24-27-37(2)3;7-5-3-1-2-4-6-8;1-3-2/h16-17,27,29,31,36,44,47H,9-15,18-26,28,30,32-35H2,1-8H3;8H,1-6H2;1-2H3/b17-16-,38-29+,39-31+;;. The molecule has 1 aliphatic heterocycles. The molecule has 0 saturated heterocycles. The van der Waals surface area contributed by atoms with Crippen molar-refractivity contribution in [3.63, 3.8) is 0 Å². The third kappa shape index (κ3) is 31.4. The number of aliphatic hydroxyl groups excluding tert-OH is 2. The van der Waals surface area contributed by atoms with Crippen LogP contribution < -0.4 is 9.47 Å². The molecule has 0 saturated carbocycles. The van der Waals surface area contributed by atoms with Crippen LogP contribution >= 0.6 is 27.7 Å². The van der Waals surface area contributed by atoms with Gasteiger partial charge in [0.25, 0.3) is 0 Å². The monoisotopic (exact) mass is 919 g/mol. The molecule has 348 valence electrons. The molecule has 2 N–H and O–H groups in total. The Balaban J connectivity index is 0.00000278. The number of unbranched alkanes of at least 4 members (excludes halogenated alkanes) is 14. The zero-order valence-electron chi connectivity index (χ0n) is 40.8. The van der Waals surface area contributed by atoms with Crippen molar-refractivity contribution in [2.45, 2.75) is 234 Å². The highest BCUT2D eigenvalue weighted by Gasteiger charge is 2.33. The summed E-state index contributed by atoms with van der Waals surface area (Å²) in [7, 11) is 0. The summed E-state index contributed by atoms with van der Waals surface area (Å²) >= 11 is 5.09. The van der Waals surface area contributed by atoms with E-state index in [0.717, 1.165) is 98.6 Å². The molecule has 0 spiro atoms. The van der Waals surface area contributed by atoms with Crippen molar-refractivity contribution in [2.24, 2.45) is 0 Å². The van der Waals surface area contributed by atoms with Crippen LogP contribution in [0.4, 0.5) is 0 Å². The molecule has 0 radical (unpaired) electrons. The van der Waals surface area contributed by atoms with Crippen LogP contribution in [0, 0.1) is 13.8 Å². The summed E-state index contributed by atoms with van der Waals surface area (Å²) in [6, 6.07) is 2.12. The normalized spacial score (nSPS) is 15.7. The second-order valence-electron chi connectivity index (χ2n) is 17.8. The maximum absolute atomic E-state index is 10.7. The number of halogens is 1. The summed E-state index contributed by atoms with van der Waals surface area (Å²) < 4.78 is 12.8. The summed E-state index contributed by atoms with van der Waals surface area (Å²) in [5.41, 5.74) is 7.65. The number of fused-ring (bicyclic) bond motifs is 1. The molecule has 2 unspecified atom stereocenters. The van der Waals surface area contributed by atoms with Crippen molar-refractivity contribution in [1.82, 2.24) is 0 Å². The van der Waals surface area contributed by atoms with E-state index in [1.54, 1.807) is 11.8 Å². The van der Waals surface area contributed by atoms with Crippen molar-refractivity contribution in [1.29, 1.82) is 0 Å². The van der Waals surface area contributed by atoms with Gasteiger partial charge in [0.05, 0.1) is 0 Å². The fourth-order valence-corrected chi connectivity index (χ4v) is 7.77. The largest absolute Gasteiger partial charge is 0.487 e. The van der Waals surface area contributed by atoms with Crippen LogP contribution in [0.5, 0.6) is 11.5 Å². The van der Waals surface area contributed by atoms with Crippen LogP contribution in [0.2, 0.25) is 0 Å². The topological polar surface area (TPSA) is 58.9 Å². The molecule has 0 fully saturated rings. The van der Waals surface area contributed by atoms with Gasteiger partial charge >= 0.3 is 0 Å². The molecule has 60 heavy (non-hydrogen) atoms. The minimum atomic E-state index is -0.757. The quantitative estimate of drug-likeness (QED) is 0.0336. The number of thioether (sulfide) groups is 1. The van der Waals surface area contributed by atoms with Gasteiger partial charge in [-0.25, -0.2) is 0 Å². The van der Waals surface area contributed by atoms with E-state index in [-0.39, 0.29) is 5.60 Å². The van der Waals surface area contributed by atoms with Crippen LogP contribution in [0.25, 0.3) is 0 Å². The number of rotatable bonds is 31. The first-order valence-electron chi connectivity index (χ1n) is 24.2. The summed E-state index contributed by atoms with van der Waals surface area (Å²) in [6.07, 6.45) is 45.8. The van der Waals surface area contributed by atoms with E-state index < -0.39 is 6.29 Å². The zero-order valence-corrected chi connectivity index (χ0v) is 43.2. The lowest BCUT2D eigenvalue weighted by atomic mass is 9.86. The summed E-state index contributed by atoms with van der Waals surface area (Å²) in [4.78, 5) is 0. The molecular weight excluding hydrogens is 825 g/mol. The molecule has 1 aromatic carbocycles. The van der Waals surface area contributed by atoms with Gasteiger partial charge in [-0.1, -0.05) is 134 Å². The number of benzene rings is 1. The highest BCUT2D eigenvalue weighted by atomic mass is 79.9. The van der Waals surface area contributed by atoms with E-state index in [4.69, 9.17) is 14.6 Å². The van der Waals surface area contributed by atoms with Gasteiger partial charge in [-0.2, -0.15) is 11.8 Å². The van der Waals surface area contributed by atoms with Gasteiger partial charge in [-0.3, -0.25) is 0 Å². The lowest BCUT2D eigenvalue weighted by Crippen LogP contribution is -2.36. The number of aliphatic hydroxyl groups is 2. The summed E-state index contributed by atoms with van der Waals surface area (Å²) in [6.45, 7) is 18.0. The van der Waals surface area contributed by atoms with Gasteiger partial charge in [0.2, 0.25) is 0 Å². The van der Waals surface area contributed by atoms with Crippen LogP contribution in [0.1, 0.15) is 219 Å².